The second-order valence-corrected chi connectivity index (χ2v) is 5.83. The zero-order valence-corrected chi connectivity index (χ0v) is 12.2. The van der Waals surface area contributed by atoms with Crippen LogP contribution < -0.4 is 5.32 Å². The molecule has 0 spiro atoms. The van der Waals surface area contributed by atoms with Gasteiger partial charge >= 0.3 is 6.03 Å². The molecule has 0 atom stereocenters. The second kappa shape index (κ2) is 5.35. The number of anilines is 1. The lowest BCUT2D eigenvalue weighted by molar-refractivity contribution is -0.130. The Morgan fingerprint density at radius 1 is 1.35 bits per heavy atom. The zero-order chi connectivity index (χ0) is 14.1. The van der Waals surface area contributed by atoms with E-state index in [-0.39, 0.29) is 11.9 Å². The molecule has 1 N–H and O–H groups in total. The lowest BCUT2D eigenvalue weighted by Gasteiger charge is -2.17. The Morgan fingerprint density at radius 3 is 2.80 bits per heavy atom. The average molecular weight is 295 g/mol. The van der Waals surface area contributed by atoms with Crippen LogP contribution in [0, 0.1) is 0 Å². The van der Waals surface area contributed by atoms with Crippen molar-refractivity contribution in [1.82, 2.24) is 19.2 Å². The van der Waals surface area contributed by atoms with E-state index in [2.05, 4.69) is 14.7 Å². The quantitative estimate of drug-likeness (QED) is 0.915. The molecular weight excluding hydrogens is 278 g/mol. The minimum Gasteiger partial charge on any atom is -0.323 e. The lowest BCUT2D eigenvalue weighted by atomic mass is 10.4. The van der Waals surface area contributed by atoms with E-state index in [1.165, 1.54) is 11.5 Å². The summed E-state index contributed by atoms with van der Waals surface area (Å²) in [4.78, 5) is 31.3. The van der Waals surface area contributed by atoms with Crippen LogP contribution in [0.4, 0.5) is 9.93 Å². The molecule has 2 heterocycles. The molecule has 2 fully saturated rings. The third-order valence-corrected chi connectivity index (χ3v) is 4.17. The number of hydrogen-bond acceptors (Lipinski definition) is 5. The Balaban J connectivity index is 1.55. The van der Waals surface area contributed by atoms with Crippen molar-refractivity contribution in [2.24, 2.45) is 0 Å². The maximum atomic E-state index is 12.1. The van der Waals surface area contributed by atoms with E-state index < -0.39 is 0 Å². The SMILES string of the molecule is CCC(=O)N1CCN(C(=O)Nc2nc(C3CC3)ns2)C1. The van der Waals surface area contributed by atoms with Crippen LogP contribution in [0.5, 0.6) is 0 Å². The number of carbonyl (C=O) groups is 2. The van der Waals surface area contributed by atoms with E-state index in [9.17, 15) is 9.59 Å². The molecule has 0 unspecified atom stereocenters. The van der Waals surface area contributed by atoms with Gasteiger partial charge in [0.1, 0.15) is 5.82 Å². The van der Waals surface area contributed by atoms with Gasteiger partial charge in [-0.25, -0.2) is 9.78 Å². The summed E-state index contributed by atoms with van der Waals surface area (Å²) in [5.41, 5.74) is 0. The highest BCUT2D eigenvalue weighted by atomic mass is 32.1. The number of hydrogen-bond donors (Lipinski definition) is 1. The number of nitrogens with zero attached hydrogens (tertiary/aromatic N) is 4. The number of amides is 3. The van der Waals surface area contributed by atoms with Crippen molar-refractivity contribution >= 4 is 28.6 Å². The minimum atomic E-state index is -0.213. The number of carbonyl (C=O) groups excluding carboxylic acids is 2. The van der Waals surface area contributed by atoms with Crippen molar-refractivity contribution in [3.8, 4) is 0 Å². The van der Waals surface area contributed by atoms with E-state index in [1.54, 1.807) is 9.80 Å². The molecule has 1 aliphatic heterocycles. The molecule has 1 aliphatic carbocycles. The monoisotopic (exact) mass is 295 g/mol. The molecule has 1 aromatic rings. The van der Waals surface area contributed by atoms with Gasteiger partial charge in [-0.15, -0.1) is 0 Å². The Hall–Kier alpha value is -1.70. The standard InChI is InChI=1S/C12H17N5O2S/c1-2-9(18)16-5-6-17(7-16)12(19)14-11-13-10(15-20-11)8-3-4-8/h8H,2-7H2,1H3,(H,13,14,15,19). The molecule has 1 saturated heterocycles. The van der Waals surface area contributed by atoms with Crippen LogP contribution in [-0.2, 0) is 4.79 Å². The van der Waals surface area contributed by atoms with Gasteiger partial charge in [-0.2, -0.15) is 4.37 Å². The van der Waals surface area contributed by atoms with Gasteiger partial charge in [0, 0.05) is 37.0 Å². The normalized spacial score (nSPS) is 18.4. The van der Waals surface area contributed by atoms with E-state index in [1.807, 2.05) is 6.92 Å². The molecule has 7 nitrogen and oxygen atoms in total. The molecule has 3 amide bonds. The van der Waals surface area contributed by atoms with Gasteiger partial charge < -0.3 is 9.80 Å². The zero-order valence-electron chi connectivity index (χ0n) is 11.3. The lowest BCUT2D eigenvalue weighted by Crippen LogP contribution is -2.36. The molecule has 108 valence electrons. The van der Waals surface area contributed by atoms with Crippen molar-refractivity contribution in [3.63, 3.8) is 0 Å². The molecular formula is C12H17N5O2S. The summed E-state index contributed by atoms with van der Waals surface area (Å²) >= 11 is 1.22. The van der Waals surface area contributed by atoms with Crippen molar-refractivity contribution in [3.05, 3.63) is 5.82 Å². The summed E-state index contributed by atoms with van der Waals surface area (Å²) in [7, 11) is 0. The summed E-state index contributed by atoms with van der Waals surface area (Å²) in [6, 6.07) is -0.213. The number of aromatic nitrogens is 2. The Labute approximate surface area is 121 Å². The van der Waals surface area contributed by atoms with Crippen LogP contribution in [0.2, 0.25) is 0 Å². The predicted molar refractivity (Wildman–Crippen MR) is 74.5 cm³/mol. The predicted octanol–water partition coefficient (Wildman–Crippen LogP) is 1.46. The molecule has 0 bridgehead atoms. The van der Waals surface area contributed by atoms with E-state index in [0.717, 1.165) is 18.7 Å². The third kappa shape index (κ3) is 2.74. The molecule has 8 heteroatoms. The van der Waals surface area contributed by atoms with Crippen LogP contribution in [-0.4, -0.2) is 50.9 Å². The van der Waals surface area contributed by atoms with Crippen molar-refractivity contribution in [1.29, 1.82) is 0 Å². The maximum absolute atomic E-state index is 12.1. The summed E-state index contributed by atoms with van der Waals surface area (Å²) in [5, 5.41) is 3.30. The van der Waals surface area contributed by atoms with Crippen LogP contribution in [0.25, 0.3) is 0 Å². The van der Waals surface area contributed by atoms with Crippen LogP contribution in [0.15, 0.2) is 0 Å². The largest absolute Gasteiger partial charge is 0.325 e. The van der Waals surface area contributed by atoms with Gasteiger partial charge in [-0.05, 0) is 12.8 Å². The van der Waals surface area contributed by atoms with Gasteiger partial charge in [0.25, 0.3) is 0 Å². The number of nitrogens with one attached hydrogen (secondary N) is 1. The minimum absolute atomic E-state index is 0.0761. The Morgan fingerprint density at radius 2 is 2.10 bits per heavy atom. The first kappa shape index (κ1) is 13.3. The van der Waals surface area contributed by atoms with E-state index >= 15 is 0 Å². The van der Waals surface area contributed by atoms with Crippen molar-refractivity contribution in [2.45, 2.75) is 32.1 Å². The first-order chi connectivity index (χ1) is 9.67. The highest BCUT2D eigenvalue weighted by Gasteiger charge is 2.29. The van der Waals surface area contributed by atoms with Crippen LogP contribution in [0.3, 0.4) is 0 Å². The first-order valence-corrected chi connectivity index (χ1v) is 7.62. The van der Waals surface area contributed by atoms with Gasteiger partial charge in [0.15, 0.2) is 0 Å². The summed E-state index contributed by atoms with van der Waals surface area (Å²) < 4.78 is 4.25. The fourth-order valence-corrected chi connectivity index (χ4v) is 2.78. The van der Waals surface area contributed by atoms with Crippen LogP contribution in [0.1, 0.15) is 37.9 Å². The Kier molecular flexibility index (Phi) is 3.56. The molecule has 3 rings (SSSR count). The fraction of sp³-hybridized carbons (Fsp3) is 0.667. The number of urea groups is 1. The Bertz CT molecular complexity index is 528. The van der Waals surface area contributed by atoms with Gasteiger partial charge in [0.05, 0.1) is 6.67 Å². The third-order valence-electron chi connectivity index (χ3n) is 3.52. The van der Waals surface area contributed by atoms with Gasteiger partial charge in [-0.1, -0.05) is 6.92 Å². The van der Waals surface area contributed by atoms with Crippen molar-refractivity contribution in [2.75, 3.05) is 25.1 Å². The highest BCUT2D eigenvalue weighted by Crippen LogP contribution is 2.39. The molecule has 20 heavy (non-hydrogen) atoms. The van der Waals surface area contributed by atoms with E-state index in [0.29, 0.717) is 37.2 Å². The molecule has 0 radical (unpaired) electrons. The summed E-state index contributed by atoms with van der Waals surface area (Å²) in [6.45, 7) is 3.34. The second-order valence-electron chi connectivity index (χ2n) is 5.08. The molecule has 1 saturated carbocycles. The maximum Gasteiger partial charge on any atom is 0.325 e. The summed E-state index contributed by atoms with van der Waals surface area (Å²) in [6.07, 6.45) is 2.76. The average Bonchev–Trinajstić information content (AvgIpc) is 3.01. The molecule has 2 aliphatic rings. The van der Waals surface area contributed by atoms with Crippen LogP contribution >= 0.6 is 11.5 Å². The highest BCUT2D eigenvalue weighted by molar-refractivity contribution is 7.09. The van der Waals surface area contributed by atoms with Gasteiger partial charge in [0.2, 0.25) is 11.0 Å². The van der Waals surface area contributed by atoms with Gasteiger partial charge in [-0.3, -0.25) is 10.1 Å². The summed E-state index contributed by atoms with van der Waals surface area (Å²) in [5.74, 6) is 1.41. The fourth-order valence-electron chi connectivity index (χ4n) is 2.15. The molecule has 1 aromatic heterocycles. The van der Waals surface area contributed by atoms with E-state index in [4.69, 9.17) is 0 Å². The smallest absolute Gasteiger partial charge is 0.323 e. The molecule has 0 aromatic carbocycles. The number of rotatable bonds is 3. The topological polar surface area (TPSA) is 78.4 Å². The van der Waals surface area contributed by atoms with Crippen molar-refractivity contribution < 1.29 is 9.59 Å². The first-order valence-electron chi connectivity index (χ1n) is 6.84.